The average Bonchev–Trinajstić information content (AvgIpc) is 3.33. The molecule has 0 aromatic heterocycles. The molecule has 8 N–H and O–H groups in total. The number of benzene rings is 8. The van der Waals surface area contributed by atoms with Gasteiger partial charge in [-0.25, -0.2) is 0 Å². The van der Waals surface area contributed by atoms with Crippen LogP contribution in [0.3, 0.4) is 0 Å². The van der Waals surface area contributed by atoms with Crippen molar-refractivity contribution >= 4 is 23.1 Å². The van der Waals surface area contributed by atoms with E-state index < -0.39 is 23.1 Å². The second kappa shape index (κ2) is 17.7. The number of carbonyl (C=O) groups excluding carboxylic acids is 4. The lowest BCUT2D eigenvalue weighted by Crippen LogP contribution is -2.09. The topological polar surface area (TPSA) is 230 Å². The molecular weight excluding hydrogens is 865 g/mol. The first-order valence-electron chi connectivity index (χ1n) is 21.4. The van der Waals surface area contributed by atoms with Gasteiger partial charge >= 0.3 is 0 Å². The van der Waals surface area contributed by atoms with Crippen LogP contribution in [0.1, 0.15) is 108 Å². The number of ketones is 4. The number of phenolic OH excluding ortho intramolecular Hbond substituents is 8. The molecule has 12 nitrogen and oxygen atoms in total. The number of hydrogen-bond acceptors (Lipinski definition) is 12. The molecule has 0 fully saturated rings. The maximum absolute atomic E-state index is 14.2. The molecule has 1 aliphatic carbocycles. The van der Waals surface area contributed by atoms with E-state index in [0.29, 0.717) is 0 Å². The van der Waals surface area contributed by atoms with E-state index in [4.69, 9.17) is 0 Å². The van der Waals surface area contributed by atoms with Crippen molar-refractivity contribution in [3.05, 3.63) is 235 Å². The Hall–Kier alpha value is -9.16. The van der Waals surface area contributed by atoms with E-state index in [-0.39, 0.29) is 161 Å². The lowest BCUT2D eigenvalue weighted by Gasteiger charge is -2.20. The van der Waals surface area contributed by atoms with Crippen molar-refractivity contribution in [2.24, 2.45) is 0 Å². The Morgan fingerprint density at radius 3 is 0.588 bits per heavy atom. The molecule has 8 aromatic carbocycles. The Morgan fingerprint density at radius 2 is 0.426 bits per heavy atom. The lowest BCUT2D eigenvalue weighted by molar-refractivity contribution is 0.102. The van der Waals surface area contributed by atoms with Crippen LogP contribution >= 0.6 is 0 Å². The summed E-state index contributed by atoms with van der Waals surface area (Å²) in [7, 11) is 0. The summed E-state index contributed by atoms with van der Waals surface area (Å²) in [6.45, 7) is 0. The lowest BCUT2D eigenvalue weighted by atomic mass is 9.86. The van der Waals surface area contributed by atoms with Crippen molar-refractivity contribution in [3.63, 3.8) is 0 Å². The number of para-hydroxylation sites is 4. The summed E-state index contributed by atoms with van der Waals surface area (Å²) in [5.74, 6) is -5.23. The van der Waals surface area contributed by atoms with Gasteiger partial charge < -0.3 is 40.9 Å². The van der Waals surface area contributed by atoms with Crippen LogP contribution in [-0.2, 0) is 25.7 Å². The zero-order valence-corrected chi connectivity index (χ0v) is 35.9. The summed E-state index contributed by atoms with van der Waals surface area (Å²) < 4.78 is 0. The molecule has 68 heavy (non-hydrogen) atoms. The molecule has 0 saturated carbocycles. The highest BCUT2D eigenvalue weighted by atomic mass is 16.3. The quantitative estimate of drug-likeness (QED) is 0.0669. The molecule has 9 rings (SSSR count). The van der Waals surface area contributed by atoms with Gasteiger partial charge in [0.1, 0.15) is 46.0 Å². The Labute approximate surface area is 388 Å². The van der Waals surface area contributed by atoms with Crippen LogP contribution in [0, 0.1) is 0 Å². The van der Waals surface area contributed by atoms with Crippen molar-refractivity contribution in [1.29, 1.82) is 0 Å². The standard InChI is InChI=1S/C56H40O12/c57-45-13-5-1-9-41(45)53(65)37-21-29-17-31-23-38(54(66)42-10-2-6-14-46(42)58)25-33(50(31)62)19-35-27-40(56(68)44-12-4-8-16-48(44)60)28-36(52(35)64)20-34-26-39(55(67)43-11-3-7-15-47(43)59)24-32(51(34)63)18-30(22-37)49(29)61/h1-16,21-28,57-64H,17-20H2. The summed E-state index contributed by atoms with van der Waals surface area (Å²) in [4.78, 5) is 56.8. The maximum Gasteiger partial charge on any atom is 0.196 e. The third kappa shape index (κ3) is 8.22. The molecule has 8 aromatic rings. The predicted molar refractivity (Wildman–Crippen MR) is 250 cm³/mol. The van der Waals surface area contributed by atoms with Gasteiger partial charge in [-0.05, 0) is 142 Å². The summed E-state index contributed by atoms with van der Waals surface area (Å²) in [5, 5.41) is 91.5. The monoisotopic (exact) mass is 904 g/mol. The van der Waals surface area contributed by atoms with E-state index in [1.807, 2.05) is 0 Å². The SMILES string of the molecule is O=C(c1cc2c(O)c(c1)Cc1cc(C(=O)c3ccccc3O)cc(c1O)Cc1cc(C(=O)c3ccccc3O)cc(c1O)Cc1cc(C(=O)c3ccccc3O)cc(c1O)C2)c1ccccc1O. The van der Waals surface area contributed by atoms with E-state index in [9.17, 15) is 60.0 Å². The van der Waals surface area contributed by atoms with Crippen LogP contribution in [0.2, 0.25) is 0 Å². The Balaban J connectivity index is 1.32. The maximum atomic E-state index is 14.2. The zero-order valence-electron chi connectivity index (χ0n) is 35.9. The van der Waals surface area contributed by atoms with Crippen LogP contribution in [0.4, 0.5) is 0 Å². The molecule has 8 bridgehead atoms. The number of phenols is 8. The summed E-state index contributed by atoms with van der Waals surface area (Å²) in [6.07, 6.45) is -1.30. The van der Waals surface area contributed by atoms with E-state index in [1.54, 1.807) is 48.5 Å². The molecule has 0 atom stereocenters. The van der Waals surface area contributed by atoms with Gasteiger partial charge in [-0.2, -0.15) is 0 Å². The third-order valence-electron chi connectivity index (χ3n) is 12.2. The first-order chi connectivity index (χ1) is 32.7. The first kappa shape index (κ1) is 44.1. The molecule has 0 unspecified atom stereocenters. The molecule has 1 aliphatic rings. The molecule has 0 saturated heterocycles. The molecular formula is C56H40O12. The van der Waals surface area contributed by atoms with Crippen LogP contribution in [0.5, 0.6) is 46.0 Å². The minimum Gasteiger partial charge on any atom is -0.507 e. The number of rotatable bonds is 8. The van der Waals surface area contributed by atoms with Crippen LogP contribution in [-0.4, -0.2) is 64.0 Å². The van der Waals surface area contributed by atoms with Gasteiger partial charge in [0.2, 0.25) is 0 Å². The molecule has 336 valence electrons. The van der Waals surface area contributed by atoms with Crippen molar-refractivity contribution in [2.45, 2.75) is 25.7 Å². The molecule has 0 spiro atoms. The Morgan fingerprint density at radius 1 is 0.265 bits per heavy atom. The number of fused-ring (bicyclic) bond motifs is 8. The highest BCUT2D eigenvalue weighted by molar-refractivity contribution is 6.13. The predicted octanol–water partition coefficient (Wildman–Crippen LogP) is 8.93. The van der Waals surface area contributed by atoms with Crippen molar-refractivity contribution in [1.82, 2.24) is 0 Å². The Kier molecular flexibility index (Phi) is 11.4. The molecule has 12 heteroatoms. The van der Waals surface area contributed by atoms with Gasteiger partial charge in [-0.15, -0.1) is 0 Å². The van der Waals surface area contributed by atoms with Crippen molar-refractivity contribution in [2.75, 3.05) is 0 Å². The van der Waals surface area contributed by atoms with Gasteiger partial charge in [0.15, 0.2) is 23.1 Å². The first-order valence-corrected chi connectivity index (χ1v) is 21.4. The fraction of sp³-hybridized carbons (Fsp3) is 0.0714. The summed E-state index contributed by atoms with van der Waals surface area (Å²) in [5.41, 5.74) is 0.353. The second-order valence-corrected chi connectivity index (χ2v) is 16.7. The zero-order chi connectivity index (χ0) is 48.0. The van der Waals surface area contributed by atoms with Crippen molar-refractivity contribution in [3.8, 4) is 46.0 Å². The summed E-state index contributed by atoms with van der Waals surface area (Å²) >= 11 is 0. The third-order valence-corrected chi connectivity index (χ3v) is 12.2. The minimum atomic E-state index is -0.634. The van der Waals surface area contributed by atoms with E-state index in [2.05, 4.69) is 0 Å². The van der Waals surface area contributed by atoms with Crippen LogP contribution in [0.25, 0.3) is 0 Å². The summed E-state index contributed by atoms with van der Waals surface area (Å²) in [6, 6.07) is 34.5. The molecule has 0 aliphatic heterocycles. The molecule has 0 heterocycles. The minimum absolute atomic E-state index is 0.000673. The van der Waals surface area contributed by atoms with Gasteiger partial charge in [-0.3, -0.25) is 19.2 Å². The fourth-order valence-corrected chi connectivity index (χ4v) is 8.75. The van der Waals surface area contributed by atoms with Crippen molar-refractivity contribution < 1.29 is 60.0 Å². The van der Waals surface area contributed by atoms with Gasteiger partial charge in [0.25, 0.3) is 0 Å². The van der Waals surface area contributed by atoms with Gasteiger partial charge in [-0.1, -0.05) is 48.5 Å². The van der Waals surface area contributed by atoms with Gasteiger partial charge in [0.05, 0.1) is 22.3 Å². The fourth-order valence-electron chi connectivity index (χ4n) is 8.75. The largest absolute Gasteiger partial charge is 0.507 e. The highest BCUT2D eigenvalue weighted by Crippen LogP contribution is 2.41. The normalized spacial score (nSPS) is 12.0. The van der Waals surface area contributed by atoms with E-state index in [0.717, 1.165) is 0 Å². The Bertz CT molecular complexity index is 2880. The average molecular weight is 905 g/mol. The number of hydrogen-bond donors (Lipinski definition) is 8. The second-order valence-electron chi connectivity index (χ2n) is 16.7. The molecule has 0 radical (unpaired) electrons. The number of carbonyl (C=O) groups is 4. The van der Waals surface area contributed by atoms with Crippen LogP contribution in [0.15, 0.2) is 146 Å². The van der Waals surface area contributed by atoms with E-state index in [1.165, 1.54) is 97.1 Å². The smallest absolute Gasteiger partial charge is 0.196 e. The van der Waals surface area contributed by atoms with Gasteiger partial charge in [0, 0.05) is 47.9 Å². The number of aromatic hydroxyl groups is 8. The molecule has 0 amide bonds. The van der Waals surface area contributed by atoms with Crippen LogP contribution < -0.4 is 0 Å². The highest BCUT2D eigenvalue weighted by Gasteiger charge is 2.27. The van der Waals surface area contributed by atoms with E-state index >= 15 is 0 Å².